The minimum atomic E-state index is 0.105. The molecule has 18 heavy (non-hydrogen) atoms. The molecule has 1 amide bonds. The molecule has 3 aliphatic rings. The Bertz CT molecular complexity index is 304. The topological polar surface area (TPSA) is 20.3 Å². The molecule has 0 N–H and O–H groups in total. The second-order valence-corrected chi connectivity index (χ2v) is 8.24. The van der Waals surface area contributed by atoms with Gasteiger partial charge in [-0.3, -0.25) is 4.79 Å². The molecule has 0 aromatic heterocycles. The molecule has 0 aromatic rings. The second-order valence-electron chi connectivity index (χ2n) is 5.64. The maximum atomic E-state index is 11.6. The van der Waals surface area contributed by atoms with Crippen molar-refractivity contribution in [2.45, 2.75) is 71.9 Å². The number of hydrogen-bond donors (Lipinski definition) is 0. The molecular formula is C13H19Cl2NOS. The highest BCUT2D eigenvalue weighted by Gasteiger charge is 2.50. The van der Waals surface area contributed by atoms with Crippen molar-refractivity contribution in [3.63, 3.8) is 0 Å². The molecule has 2 aliphatic carbocycles. The summed E-state index contributed by atoms with van der Waals surface area (Å²) in [5, 5.41) is 1.26. The monoisotopic (exact) mass is 307 g/mol. The van der Waals surface area contributed by atoms with Gasteiger partial charge in [-0.1, -0.05) is 12.8 Å². The van der Waals surface area contributed by atoms with Crippen molar-refractivity contribution >= 4 is 41.4 Å². The third-order valence-electron chi connectivity index (χ3n) is 4.60. The molecule has 1 saturated heterocycles. The number of alkyl halides is 2. The van der Waals surface area contributed by atoms with Gasteiger partial charge < -0.3 is 4.90 Å². The van der Waals surface area contributed by atoms with E-state index in [0.29, 0.717) is 10.5 Å². The zero-order valence-electron chi connectivity index (χ0n) is 10.3. The molecule has 0 bridgehead atoms. The van der Waals surface area contributed by atoms with E-state index in [0.717, 1.165) is 19.3 Å². The van der Waals surface area contributed by atoms with Gasteiger partial charge in [-0.2, -0.15) is 11.8 Å². The zero-order chi connectivity index (χ0) is 12.7. The van der Waals surface area contributed by atoms with E-state index in [2.05, 4.69) is 11.8 Å². The maximum absolute atomic E-state index is 11.6. The van der Waals surface area contributed by atoms with E-state index < -0.39 is 0 Å². The van der Waals surface area contributed by atoms with E-state index in [9.17, 15) is 4.79 Å². The number of carbonyl (C=O) groups is 1. The van der Waals surface area contributed by atoms with Crippen LogP contribution in [0.1, 0.15) is 38.5 Å². The van der Waals surface area contributed by atoms with Crippen LogP contribution in [0.3, 0.4) is 0 Å². The van der Waals surface area contributed by atoms with Gasteiger partial charge in [-0.25, -0.2) is 0 Å². The Kier molecular flexibility index (Phi) is 4.03. The van der Waals surface area contributed by atoms with Crippen molar-refractivity contribution in [2.24, 2.45) is 0 Å². The van der Waals surface area contributed by atoms with E-state index in [-0.39, 0.29) is 22.8 Å². The van der Waals surface area contributed by atoms with Gasteiger partial charge in [-0.05, 0) is 25.7 Å². The van der Waals surface area contributed by atoms with Crippen LogP contribution >= 0.6 is 35.0 Å². The lowest BCUT2D eigenvalue weighted by molar-refractivity contribution is -0.124. The number of hydrogen-bond acceptors (Lipinski definition) is 2. The number of halogens is 2. The highest BCUT2D eigenvalue weighted by Crippen LogP contribution is 2.47. The number of nitrogens with zero attached hydrogens (tertiary/aromatic N) is 1. The molecule has 102 valence electrons. The van der Waals surface area contributed by atoms with E-state index in [1.807, 2.05) is 4.90 Å². The van der Waals surface area contributed by atoms with Crippen LogP contribution in [0.15, 0.2) is 0 Å². The van der Waals surface area contributed by atoms with Crippen molar-refractivity contribution < 1.29 is 4.79 Å². The predicted octanol–water partition coefficient (Wildman–Crippen LogP) is 3.25. The summed E-state index contributed by atoms with van der Waals surface area (Å²) in [6.07, 6.45) is 7.83. The molecule has 0 spiro atoms. The predicted molar refractivity (Wildman–Crippen MR) is 77.6 cm³/mol. The normalized spacial score (nSPS) is 48.2. The number of rotatable bonds is 1. The van der Waals surface area contributed by atoms with Crippen molar-refractivity contribution in [1.29, 1.82) is 0 Å². The first-order valence-electron chi connectivity index (χ1n) is 6.88. The van der Waals surface area contributed by atoms with E-state index in [4.69, 9.17) is 23.2 Å². The lowest BCUT2D eigenvalue weighted by Crippen LogP contribution is -2.64. The lowest BCUT2D eigenvalue weighted by atomic mass is 9.87. The van der Waals surface area contributed by atoms with Crippen LogP contribution < -0.4 is 0 Å². The van der Waals surface area contributed by atoms with Crippen LogP contribution in [-0.4, -0.2) is 44.6 Å². The molecule has 1 heterocycles. The summed E-state index contributed by atoms with van der Waals surface area (Å²) >= 11 is 15.0. The second kappa shape index (κ2) is 5.41. The highest BCUT2D eigenvalue weighted by molar-refractivity contribution is 8.00. The smallest absolute Gasteiger partial charge is 0.210 e. The Balaban J connectivity index is 1.88. The Labute approximate surface area is 123 Å². The molecule has 2 saturated carbocycles. The van der Waals surface area contributed by atoms with Gasteiger partial charge in [0.1, 0.15) is 0 Å². The summed E-state index contributed by atoms with van der Waals surface area (Å²) in [7, 11) is 0. The highest BCUT2D eigenvalue weighted by atomic mass is 35.5. The van der Waals surface area contributed by atoms with Crippen molar-refractivity contribution in [1.82, 2.24) is 4.90 Å². The fourth-order valence-corrected chi connectivity index (χ4v) is 6.92. The number of amides is 1. The molecule has 6 unspecified atom stereocenters. The van der Waals surface area contributed by atoms with Crippen LogP contribution in [0.2, 0.25) is 0 Å². The van der Waals surface area contributed by atoms with Gasteiger partial charge in [0.05, 0.1) is 22.8 Å². The molecule has 2 nitrogen and oxygen atoms in total. The Hall–Kier alpha value is 0.400. The zero-order valence-corrected chi connectivity index (χ0v) is 12.6. The van der Waals surface area contributed by atoms with E-state index in [1.165, 1.54) is 25.7 Å². The summed E-state index contributed by atoms with van der Waals surface area (Å²) < 4.78 is 0. The van der Waals surface area contributed by atoms with E-state index in [1.54, 1.807) is 0 Å². The lowest BCUT2D eigenvalue weighted by Gasteiger charge is -2.54. The minimum absolute atomic E-state index is 0.105. The quantitative estimate of drug-likeness (QED) is 0.547. The van der Waals surface area contributed by atoms with Crippen LogP contribution in [0.4, 0.5) is 0 Å². The number of carbonyl (C=O) groups excluding carboxylic acids is 1. The van der Waals surface area contributed by atoms with Crippen LogP contribution in [0.25, 0.3) is 0 Å². The number of thioether (sulfide) groups is 1. The Morgan fingerprint density at radius 1 is 0.944 bits per heavy atom. The Morgan fingerprint density at radius 3 is 1.89 bits per heavy atom. The van der Waals surface area contributed by atoms with Gasteiger partial charge in [-0.15, -0.1) is 23.2 Å². The summed E-state index contributed by atoms with van der Waals surface area (Å²) in [5.74, 6) is 0. The molecule has 5 heteroatoms. The minimum Gasteiger partial charge on any atom is -0.334 e. The standard InChI is InChI=1S/C13H19Cl2NOS/c14-8-3-1-5-10-12(8)16(7-17)13-9(15)4-2-6-11(13)18-10/h7-13H,1-6H2. The van der Waals surface area contributed by atoms with Gasteiger partial charge in [0.15, 0.2) is 0 Å². The molecule has 3 fully saturated rings. The third kappa shape index (κ3) is 2.16. The molecule has 3 rings (SSSR count). The SMILES string of the molecule is O=CN1C2C(Cl)CCCC2SC2CCCC(Cl)C21. The maximum Gasteiger partial charge on any atom is 0.210 e. The first kappa shape index (κ1) is 13.4. The fourth-order valence-electron chi connectivity index (χ4n) is 3.80. The first-order valence-corrected chi connectivity index (χ1v) is 8.70. The van der Waals surface area contributed by atoms with Crippen molar-refractivity contribution in [2.75, 3.05) is 0 Å². The summed E-state index contributed by atoms with van der Waals surface area (Å²) in [6, 6.07) is 0.395. The molecular weight excluding hydrogens is 289 g/mol. The van der Waals surface area contributed by atoms with Gasteiger partial charge in [0.25, 0.3) is 0 Å². The van der Waals surface area contributed by atoms with Gasteiger partial charge in [0.2, 0.25) is 6.41 Å². The Morgan fingerprint density at radius 2 is 1.44 bits per heavy atom. The largest absolute Gasteiger partial charge is 0.334 e. The van der Waals surface area contributed by atoms with E-state index >= 15 is 0 Å². The third-order valence-corrected chi connectivity index (χ3v) is 7.28. The van der Waals surface area contributed by atoms with Gasteiger partial charge in [0, 0.05) is 10.5 Å². The molecule has 6 atom stereocenters. The van der Waals surface area contributed by atoms with Crippen LogP contribution in [-0.2, 0) is 4.79 Å². The van der Waals surface area contributed by atoms with Crippen molar-refractivity contribution in [3.8, 4) is 0 Å². The molecule has 0 radical (unpaired) electrons. The van der Waals surface area contributed by atoms with Crippen LogP contribution in [0, 0.1) is 0 Å². The first-order chi connectivity index (χ1) is 8.72. The molecule has 0 aromatic carbocycles. The summed E-state index contributed by atoms with van der Waals surface area (Å²) in [5.41, 5.74) is 0. The summed E-state index contributed by atoms with van der Waals surface area (Å²) in [6.45, 7) is 0. The number of fused-ring (bicyclic) bond motifs is 2. The average Bonchev–Trinajstić information content (AvgIpc) is 2.37. The summed E-state index contributed by atoms with van der Waals surface area (Å²) in [4.78, 5) is 13.5. The van der Waals surface area contributed by atoms with Crippen molar-refractivity contribution in [3.05, 3.63) is 0 Å². The fraction of sp³-hybridized carbons (Fsp3) is 0.923. The van der Waals surface area contributed by atoms with Crippen LogP contribution in [0.5, 0.6) is 0 Å². The molecule has 1 aliphatic heterocycles. The van der Waals surface area contributed by atoms with Gasteiger partial charge >= 0.3 is 0 Å². The average molecular weight is 308 g/mol.